The Balaban J connectivity index is 0.701. The van der Waals surface area contributed by atoms with Crippen molar-refractivity contribution in [1.82, 2.24) is 51.2 Å². The smallest absolute Gasteiger partial charge is 0.265 e. The van der Waals surface area contributed by atoms with Crippen LogP contribution in [0.2, 0.25) is 0 Å². The lowest BCUT2D eigenvalue weighted by molar-refractivity contribution is -0.137. The Labute approximate surface area is 334 Å². The summed E-state index contributed by atoms with van der Waals surface area (Å²) in [6, 6.07) is 1.67. The average Bonchev–Trinajstić information content (AvgIpc) is 3.71. The molecule has 7 rings (SSSR count). The fourth-order valence-electron chi connectivity index (χ4n) is 7.77. The van der Waals surface area contributed by atoms with Gasteiger partial charge in [-0.25, -0.2) is 14.4 Å². The van der Waals surface area contributed by atoms with Crippen LogP contribution in [0.15, 0.2) is 18.5 Å². The third kappa shape index (κ3) is 10.6. The zero-order chi connectivity index (χ0) is 39.9. The molecule has 57 heavy (non-hydrogen) atoms. The average molecular weight is 806 g/mol. The molecule has 5 amide bonds. The molecular formula is C39H52FN11O5S. The zero-order valence-corrected chi connectivity index (χ0v) is 33.1. The van der Waals surface area contributed by atoms with Crippen LogP contribution < -0.4 is 31.9 Å². The fourth-order valence-corrected chi connectivity index (χ4v) is 8.83. The molecule has 306 valence electrons. The molecule has 2 saturated carbocycles. The first-order valence-electron chi connectivity index (χ1n) is 20.1. The molecule has 0 bridgehead atoms. The van der Waals surface area contributed by atoms with Crippen molar-refractivity contribution in [1.29, 1.82) is 0 Å². The second kappa shape index (κ2) is 18.6. The Hall–Kier alpha value is -4.81. The number of aryl methyl sites for hydroxylation is 1. The number of halogens is 1. The van der Waals surface area contributed by atoms with E-state index < -0.39 is 17.8 Å². The number of carbonyl (C=O) groups excluding carboxylic acids is 5. The van der Waals surface area contributed by atoms with Crippen molar-refractivity contribution in [3.63, 3.8) is 0 Å². The van der Waals surface area contributed by atoms with E-state index in [9.17, 15) is 28.4 Å². The topological polar surface area (TPSA) is 204 Å². The van der Waals surface area contributed by atoms with Crippen LogP contribution in [0.5, 0.6) is 0 Å². The number of carbonyl (C=O) groups is 5. The van der Waals surface area contributed by atoms with Crippen LogP contribution in [0.1, 0.15) is 96.4 Å². The molecule has 0 spiro atoms. The molecule has 4 aliphatic rings. The summed E-state index contributed by atoms with van der Waals surface area (Å²) >= 11 is 1.32. The minimum atomic E-state index is -0.636. The van der Waals surface area contributed by atoms with Crippen molar-refractivity contribution in [3.05, 3.63) is 45.3 Å². The molecule has 3 fully saturated rings. The zero-order valence-electron chi connectivity index (χ0n) is 32.3. The molecule has 1 unspecified atom stereocenters. The van der Waals surface area contributed by atoms with Crippen LogP contribution in [-0.4, -0.2) is 98.5 Å². The van der Waals surface area contributed by atoms with Crippen molar-refractivity contribution in [3.8, 4) is 11.3 Å². The van der Waals surface area contributed by atoms with Gasteiger partial charge < -0.3 is 31.5 Å². The molecule has 3 aromatic heterocycles. The molecule has 0 radical (unpaired) electrons. The Morgan fingerprint density at radius 2 is 1.72 bits per heavy atom. The van der Waals surface area contributed by atoms with Gasteiger partial charge in [0.2, 0.25) is 29.6 Å². The lowest BCUT2D eigenvalue weighted by atomic mass is 9.91. The van der Waals surface area contributed by atoms with E-state index >= 15 is 0 Å². The summed E-state index contributed by atoms with van der Waals surface area (Å²) < 4.78 is 16.7. The van der Waals surface area contributed by atoms with Gasteiger partial charge in [0.05, 0.1) is 36.9 Å². The predicted molar refractivity (Wildman–Crippen MR) is 210 cm³/mol. The maximum atomic E-state index is 14.8. The van der Waals surface area contributed by atoms with E-state index in [1.165, 1.54) is 35.3 Å². The normalized spacial score (nSPS) is 20.7. The highest BCUT2D eigenvalue weighted by molar-refractivity contribution is 7.14. The predicted octanol–water partition coefficient (Wildman–Crippen LogP) is 2.30. The fraction of sp³-hybridized carbons (Fsp3) is 0.590. The van der Waals surface area contributed by atoms with Crippen molar-refractivity contribution in [2.24, 2.45) is 13.0 Å². The number of rotatable bonds is 19. The van der Waals surface area contributed by atoms with E-state index in [0.717, 1.165) is 73.1 Å². The third-order valence-electron chi connectivity index (χ3n) is 11.2. The van der Waals surface area contributed by atoms with Crippen LogP contribution in [0.25, 0.3) is 11.3 Å². The first kappa shape index (κ1) is 40.4. The summed E-state index contributed by atoms with van der Waals surface area (Å²) in [5.74, 6) is -0.514. The van der Waals surface area contributed by atoms with E-state index in [0.29, 0.717) is 49.3 Å². The molecule has 1 saturated heterocycles. The molecule has 2 aliphatic heterocycles. The van der Waals surface area contributed by atoms with Gasteiger partial charge in [-0.3, -0.25) is 34.0 Å². The number of thiophene rings is 1. The summed E-state index contributed by atoms with van der Waals surface area (Å²) in [5, 5.41) is 22.5. The van der Waals surface area contributed by atoms with Crippen LogP contribution in [0.3, 0.4) is 0 Å². The third-order valence-corrected chi connectivity index (χ3v) is 12.4. The Morgan fingerprint density at radius 3 is 2.49 bits per heavy atom. The number of hydrogen-bond donors (Lipinski definition) is 6. The number of aromatic nitrogens is 4. The van der Waals surface area contributed by atoms with Gasteiger partial charge in [0, 0.05) is 54.8 Å². The maximum Gasteiger partial charge on any atom is 0.265 e. The number of anilines is 1. The van der Waals surface area contributed by atoms with Gasteiger partial charge >= 0.3 is 0 Å². The standard InChI is InChI=1S/C39H52FN11O5S/c1-50-31(15-23-5-6-23)28(18-46-50)35-29(40)19-45-39(49-35)47-26-9-7-25(8-10-26)43-21-34(54)42-14-4-2-3-13-41-20-33(53)44-17-27-16-24-22-51(38(56)36(24)57-27)30-11-12-32(52)48-37(30)55/h16,18-19,23,25-26,30,41,43H,2-15,17,20-22H2,1H3,(H,42,54)(H,44,53)(H,45,47,49)(H,48,52,55)/t25-,26-,30?. The summed E-state index contributed by atoms with van der Waals surface area (Å²) in [7, 11) is 1.89. The quantitative estimate of drug-likeness (QED) is 0.0767. The Morgan fingerprint density at radius 1 is 0.947 bits per heavy atom. The highest BCUT2D eigenvalue weighted by Crippen LogP contribution is 2.36. The van der Waals surface area contributed by atoms with Crippen molar-refractivity contribution < 1.29 is 28.4 Å². The van der Waals surface area contributed by atoms with Gasteiger partial charge in [0.1, 0.15) is 11.7 Å². The highest BCUT2D eigenvalue weighted by Gasteiger charge is 2.40. The van der Waals surface area contributed by atoms with Crippen LogP contribution in [-0.2, 0) is 45.7 Å². The molecule has 1 atom stereocenters. The van der Waals surface area contributed by atoms with E-state index in [-0.39, 0.29) is 60.9 Å². The monoisotopic (exact) mass is 805 g/mol. The molecule has 18 heteroatoms. The number of imide groups is 1. The summed E-state index contributed by atoms with van der Waals surface area (Å²) in [5.41, 5.74) is 2.86. The Bertz CT molecular complexity index is 1960. The second-order valence-electron chi connectivity index (χ2n) is 15.6. The number of nitrogens with zero attached hydrogens (tertiary/aromatic N) is 5. The van der Waals surface area contributed by atoms with Gasteiger partial charge in [-0.2, -0.15) is 5.10 Å². The van der Waals surface area contributed by atoms with E-state index in [2.05, 4.69) is 47.0 Å². The van der Waals surface area contributed by atoms with E-state index in [1.54, 1.807) is 6.20 Å². The maximum absolute atomic E-state index is 14.8. The first-order chi connectivity index (χ1) is 27.6. The van der Waals surface area contributed by atoms with Crippen molar-refractivity contribution >= 4 is 46.8 Å². The number of piperidine rings is 1. The number of amides is 5. The van der Waals surface area contributed by atoms with Crippen molar-refractivity contribution in [2.75, 3.05) is 31.5 Å². The van der Waals surface area contributed by atoms with Gasteiger partial charge in [0.25, 0.3) is 5.91 Å². The lowest BCUT2D eigenvalue weighted by Crippen LogP contribution is -2.52. The Kier molecular flexibility index (Phi) is 13.2. The van der Waals surface area contributed by atoms with Gasteiger partial charge in [-0.15, -0.1) is 11.3 Å². The molecule has 6 N–H and O–H groups in total. The summed E-state index contributed by atoms with van der Waals surface area (Å²) in [6.07, 6.45) is 13.0. The van der Waals surface area contributed by atoms with Crippen LogP contribution >= 0.6 is 11.3 Å². The molecule has 3 aromatic rings. The van der Waals surface area contributed by atoms with Gasteiger partial charge in [0.15, 0.2) is 5.82 Å². The first-order valence-corrected chi connectivity index (χ1v) is 21.0. The van der Waals surface area contributed by atoms with Crippen LogP contribution in [0.4, 0.5) is 10.3 Å². The second-order valence-corrected chi connectivity index (χ2v) is 16.7. The molecule has 16 nitrogen and oxygen atoms in total. The minimum Gasteiger partial charge on any atom is -0.355 e. The molecule has 0 aromatic carbocycles. The van der Waals surface area contributed by atoms with Crippen molar-refractivity contribution in [2.45, 2.75) is 108 Å². The van der Waals surface area contributed by atoms with Gasteiger partial charge in [-0.05, 0) is 88.3 Å². The number of fused-ring (bicyclic) bond motifs is 1. The highest BCUT2D eigenvalue weighted by atomic mass is 32.1. The molecular weight excluding hydrogens is 754 g/mol. The molecule has 2 aliphatic carbocycles. The minimum absolute atomic E-state index is 0.0271. The van der Waals surface area contributed by atoms with Gasteiger partial charge in [-0.1, -0.05) is 6.42 Å². The van der Waals surface area contributed by atoms with E-state index in [4.69, 9.17) is 0 Å². The number of nitrogens with one attached hydrogen (secondary N) is 6. The summed E-state index contributed by atoms with van der Waals surface area (Å²) in [6.45, 7) is 2.36. The number of hydrogen-bond acceptors (Lipinski definition) is 12. The van der Waals surface area contributed by atoms with E-state index in [1.807, 2.05) is 17.8 Å². The SMILES string of the molecule is Cn1ncc(-c2nc(N[C@H]3CC[C@H](NCC(=O)NCCCCCNCC(=O)NCc4cc5c(s4)C(=O)N(C4CCC(=O)NC4=O)C5)CC3)ncc2F)c1CC1CC1. The van der Waals surface area contributed by atoms with Crippen LogP contribution in [0, 0.1) is 11.7 Å². The largest absolute Gasteiger partial charge is 0.355 e. The molecule has 5 heterocycles. The lowest BCUT2D eigenvalue weighted by Gasteiger charge is -2.29. The summed E-state index contributed by atoms with van der Waals surface area (Å²) in [4.78, 5) is 73.1. The number of unbranched alkanes of at least 4 members (excludes halogenated alkanes) is 2.